The third-order valence-electron chi connectivity index (χ3n) is 2.00. The van der Waals surface area contributed by atoms with Crippen LogP contribution in [0.3, 0.4) is 0 Å². The second-order valence-corrected chi connectivity index (χ2v) is 4.01. The van der Waals surface area contributed by atoms with Crippen LogP contribution in [0.25, 0.3) is 0 Å². The third-order valence-corrected chi connectivity index (χ3v) is 2.50. The molecule has 0 fully saturated rings. The van der Waals surface area contributed by atoms with Crippen molar-refractivity contribution in [3.63, 3.8) is 0 Å². The fourth-order valence-electron chi connectivity index (χ4n) is 1.19. The summed E-state index contributed by atoms with van der Waals surface area (Å²) < 4.78 is 0. The summed E-state index contributed by atoms with van der Waals surface area (Å²) in [6, 6.07) is 7.38. The topological polar surface area (TPSA) is 53.5 Å². The predicted octanol–water partition coefficient (Wildman–Crippen LogP) is 1.37. The number of hydrogen-bond donors (Lipinski definition) is 2. The molecule has 0 aliphatic heterocycles. The van der Waals surface area contributed by atoms with Crippen LogP contribution >= 0.6 is 9.24 Å². The van der Waals surface area contributed by atoms with Gasteiger partial charge in [-0.2, -0.15) is 5.10 Å². The second kappa shape index (κ2) is 6.81. The SMILES string of the molecule is C/C=N/N/C=C(\C)NC(=O)c1ccccc1P. The van der Waals surface area contributed by atoms with Crippen LogP contribution < -0.4 is 16.0 Å². The molecule has 0 bridgehead atoms. The highest BCUT2D eigenvalue weighted by Gasteiger charge is 2.07. The normalized spacial score (nSPS) is 11.6. The van der Waals surface area contributed by atoms with Crippen molar-refractivity contribution in [1.82, 2.24) is 10.7 Å². The summed E-state index contributed by atoms with van der Waals surface area (Å²) >= 11 is 0. The molecule has 0 saturated heterocycles. The average Bonchev–Trinajstić information content (AvgIpc) is 2.29. The van der Waals surface area contributed by atoms with Crippen molar-refractivity contribution in [3.8, 4) is 0 Å². The number of allylic oxidation sites excluding steroid dienone is 1. The smallest absolute Gasteiger partial charge is 0.256 e. The van der Waals surface area contributed by atoms with Gasteiger partial charge in [-0.3, -0.25) is 10.2 Å². The summed E-state index contributed by atoms with van der Waals surface area (Å²) in [5.74, 6) is -0.133. The first kappa shape index (κ1) is 13.4. The van der Waals surface area contributed by atoms with Crippen molar-refractivity contribution in [2.24, 2.45) is 5.10 Å². The molecule has 1 aromatic rings. The Morgan fingerprint density at radius 1 is 1.41 bits per heavy atom. The molecule has 1 aromatic carbocycles. The Hall–Kier alpha value is -1.67. The third kappa shape index (κ3) is 4.37. The lowest BCUT2D eigenvalue weighted by molar-refractivity contribution is 0.0967. The molecule has 5 heteroatoms. The lowest BCUT2D eigenvalue weighted by atomic mass is 10.2. The molecule has 0 radical (unpaired) electrons. The monoisotopic (exact) mass is 249 g/mol. The summed E-state index contributed by atoms with van der Waals surface area (Å²) in [5, 5.41) is 7.44. The van der Waals surface area contributed by atoms with Gasteiger partial charge in [-0.15, -0.1) is 9.24 Å². The van der Waals surface area contributed by atoms with Crippen molar-refractivity contribution < 1.29 is 4.79 Å². The largest absolute Gasteiger partial charge is 0.324 e. The van der Waals surface area contributed by atoms with E-state index in [0.717, 1.165) is 5.30 Å². The Morgan fingerprint density at radius 3 is 2.76 bits per heavy atom. The van der Waals surface area contributed by atoms with Crippen molar-refractivity contribution in [2.75, 3.05) is 0 Å². The van der Waals surface area contributed by atoms with E-state index < -0.39 is 0 Å². The van der Waals surface area contributed by atoms with Gasteiger partial charge in [0.1, 0.15) is 0 Å². The number of amides is 1. The van der Waals surface area contributed by atoms with Gasteiger partial charge in [-0.25, -0.2) is 0 Å². The molecule has 0 aliphatic carbocycles. The Labute approximate surface area is 103 Å². The number of hydrazone groups is 1. The number of nitrogens with one attached hydrogen (secondary N) is 2. The minimum absolute atomic E-state index is 0.133. The van der Waals surface area contributed by atoms with Gasteiger partial charge in [0.05, 0.1) is 0 Å². The zero-order valence-electron chi connectivity index (χ0n) is 9.90. The Bertz CT molecular complexity index is 455. The first-order chi connectivity index (χ1) is 8.15. The van der Waals surface area contributed by atoms with Crippen LogP contribution in [0.15, 0.2) is 41.3 Å². The standard InChI is InChI=1S/C12H16N3OP/c1-3-13-14-8-9(2)15-12(16)10-6-4-5-7-11(10)17/h3-8,14H,17H2,1-2H3,(H,15,16)/b9-8+,13-3+. The van der Waals surface area contributed by atoms with E-state index in [9.17, 15) is 4.79 Å². The highest BCUT2D eigenvalue weighted by Crippen LogP contribution is 2.01. The number of rotatable bonds is 4. The van der Waals surface area contributed by atoms with E-state index in [0.29, 0.717) is 11.3 Å². The maximum absolute atomic E-state index is 11.9. The Balaban J connectivity index is 2.67. The zero-order chi connectivity index (χ0) is 12.7. The molecular formula is C12H16N3OP. The van der Waals surface area contributed by atoms with Crippen molar-refractivity contribution in [1.29, 1.82) is 0 Å². The number of carbonyl (C=O) groups excluding carboxylic acids is 1. The van der Waals surface area contributed by atoms with Crippen molar-refractivity contribution in [3.05, 3.63) is 41.7 Å². The summed E-state index contributed by atoms with van der Waals surface area (Å²) in [4.78, 5) is 11.9. The number of carbonyl (C=O) groups is 1. The fourth-order valence-corrected chi connectivity index (χ4v) is 1.53. The van der Waals surface area contributed by atoms with Crippen LogP contribution in [-0.4, -0.2) is 12.1 Å². The maximum Gasteiger partial charge on any atom is 0.256 e. The minimum Gasteiger partial charge on any atom is -0.324 e. The van der Waals surface area contributed by atoms with Crippen molar-refractivity contribution in [2.45, 2.75) is 13.8 Å². The van der Waals surface area contributed by atoms with Crippen LogP contribution in [0, 0.1) is 0 Å². The van der Waals surface area contributed by atoms with Crippen LogP contribution in [0.5, 0.6) is 0 Å². The molecule has 0 spiro atoms. The number of nitrogens with zero attached hydrogens (tertiary/aromatic N) is 1. The quantitative estimate of drug-likeness (QED) is 0.481. The fraction of sp³-hybridized carbons (Fsp3) is 0.167. The molecule has 1 rings (SSSR count). The molecule has 0 heterocycles. The van der Waals surface area contributed by atoms with Crippen LogP contribution in [0.4, 0.5) is 0 Å². The van der Waals surface area contributed by atoms with Gasteiger partial charge in [0, 0.05) is 23.7 Å². The number of hydrogen-bond acceptors (Lipinski definition) is 3. The van der Waals surface area contributed by atoms with Crippen LogP contribution in [0.1, 0.15) is 24.2 Å². The summed E-state index contributed by atoms with van der Waals surface area (Å²) in [6.07, 6.45) is 3.26. The van der Waals surface area contributed by atoms with Gasteiger partial charge < -0.3 is 5.32 Å². The van der Waals surface area contributed by atoms with Crippen LogP contribution in [-0.2, 0) is 0 Å². The molecule has 0 saturated carbocycles. The lowest BCUT2D eigenvalue weighted by Gasteiger charge is -2.07. The van der Waals surface area contributed by atoms with E-state index in [1.165, 1.54) is 0 Å². The molecule has 0 aromatic heterocycles. The van der Waals surface area contributed by atoms with E-state index in [1.807, 2.05) is 18.2 Å². The highest BCUT2D eigenvalue weighted by atomic mass is 31.0. The molecule has 0 aliphatic rings. The molecule has 90 valence electrons. The summed E-state index contributed by atoms with van der Waals surface area (Å²) in [7, 11) is 2.54. The molecule has 1 amide bonds. The average molecular weight is 249 g/mol. The van der Waals surface area contributed by atoms with E-state index in [-0.39, 0.29) is 5.91 Å². The van der Waals surface area contributed by atoms with Crippen molar-refractivity contribution >= 4 is 26.7 Å². The van der Waals surface area contributed by atoms with E-state index in [2.05, 4.69) is 25.1 Å². The van der Waals surface area contributed by atoms with Gasteiger partial charge >= 0.3 is 0 Å². The molecule has 4 nitrogen and oxygen atoms in total. The molecule has 1 atom stereocenters. The molecule has 17 heavy (non-hydrogen) atoms. The summed E-state index contributed by atoms with van der Waals surface area (Å²) in [6.45, 7) is 3.60. The molecule has 2 N–H and O–H groups in total. The Morgan fingerprint density at radius 2 is 2.12 bits per heavy atom. The van der Waals surface area contributed by atoms with Gasteiger partial charge in [0.15, 0.2) is 0 Å². The van der Waals surface area contributed by atoms with Crippen LogP contribution in [0.2, 0.25) is 0 Å². The zero-order valence-corrected chi connectivity index (χ0v) is 11.1. The second-order valence-electron chi connectivity index (χ2n) is 3.39. The van der Waals surface area contributed by atoms with E-state index >= 15 is 0 Å². The minimum atomic E-state index is -0.133. The first-order valence-corrected chi connectivity index (χ1v) is 5.78. The predicted molar refractivity (Wildman–Crippen MR) is 74.3 cm³/mol. The lowest BCUT2D eigenvalue weighted by Crippen LogP contribution is -2.25. The Kier molecular flexibility index (Phi) is 5.37. The van der Waals surface area contributed by atoms with Gasteiger partial charge in [0.25, 0.3) is 5.91 Å². The van der Waals surface area contributed by atoms with E-state index in [1.54, 1.807) is 32.3 Å². The molecular weight excluding hydrogens is 233 g/mol. The number of benzene rings is 1. The first-order valence-electron chi connectivity index (χ1n) is 5.21. The van der Waals surface area contributed by atoms with E-state index in [4.69, 9.17) is 0 Å². The highest BCUT2D eigenvalue weighted by molar-refractivity contribution is 7.27. The maximum atomic E-state index is 11.9. The summed E-state index contributed by atoms with van der Waals surface area (Å²) in [5.41, 5.74) is 4.04. The van der Waals surface area contributed by atoms with Gasteiger partial charge in [-0.05, 0) is 25.2 Å². The van der Waals surface area contributed by atoms with Gasteiger partial charge in [0.2, 0.25) is 0 Å². The van der Waals surface area contributed by atoms with Gasteiger partial charge in [-0.1, -0.05) is 18.2 Å². The molecule has 1 unspecified atom stereocenters.